The lowest BCUT2D eigenvalue weighted by Crippen LogP contribution is -2.06. The van der Waals surface area contributed by atoms with Gasteiger partial charge in [0, 0.05) is 0 Å². The van der Waals surface area contributed by atoms with E-state index in [9.17, 15) is 13.2 Å². The monoisotopic (exact) mass is 222 g/mol. The molecule has 0 radical (unpaired) electrons. The van der Waals surface area contributed by atoms with Crippen LogP contribution in [0.15, 0.2) is 24.2 Å². The van der Waals surface area contributed by atoms with E-state index in [1.165, 1.54) is 0 Å². The topological polar surface area (TPSA) is 101 Å². The Morgan fingerprint density at radius 2 is 1.86 bits per heavy atom. The first-order valence-electron chi connectivity index (χ1n) is 5.06. The maximum atomic E-state index is 10.7. The second-order valence-corrected chi connectivity index (χ2v) is 3.04. The normalized spacial score (nSPS) is 14.9. The van der Waals surface area contributed by atoms with Crippen molar-refractivity contribution in [3.8, 4) is 5.75 Å². The molecule has 2 N–H and O–H groups in total. The third-order valence-corrected chi connectivity index (χ3v) is 1.38. The molecule has 0 aromatic heterocycles. The molecule has 0 heterocycles. The van der Waals surface area contributed by atoms with Gasteiger partial charge in [0.2, 0.25) is 0 Å². The van der Waals surface area contributed by atoms with E-state index in [1.807, 2.05) is 0 Å². The van der Waals surface area contributed by atoms with Gasteiger partial charge in [-0.05, 0) is 24.2 Å². The first-order valence-corrected chi connectivity index (χ1v) is 4.43. The van der Waals surface area contributed by atoms with Crippen LogP contribution in [-0.4, -0.2) is 24.0 Å². The number of hydrogen-bond acceptors (Lipinski definition) is 4. The molecule has 1 aromatic carbocycles. The van der Waals surface area contributed by atoms with Crippen LogP contribution < -0.4 is 4.18 Å². The standard InChI is InChI=1S/C7H6O6S/c8-7(9)5-1-3-6(4-2-5)13-14(10,11)12/h1-4H,(H,8,9)(H,10,11,12)/i1D,2D,3D,4D. The minimum absolute atomic E-state index is 0.923. The van der Waals surface area contributed by atoms with Crippen LogP contribution in [-0.2, 0) is 10.4 Å². The lowest BCUT2D eigenvalue weighted by molar-refractivity contribution is 0.0697. The Morgan fingerprint density at radius 3 is 2.21 bits per heavy atom. The molecule has 1 rings (SSSR count). The molecule has 0 spiro atoms. The summed E-state index contributed by atoms with van der Waals surface area (Å²) in [6.07, 6.45) is 0. The SMILES string of the molecule is [2H]c1c([2H])c(C(=O)O)c([2H])c([2H])c1OS(=O)(=O)O. The van der Waals surface area contributed by atoms with E-state index in [2.05, 4.69) is 4.18 Å². The van der Waals surface area contributed by atoms with Gasteiger partial charge in [-0.25, -0.2) is 4.79 Å². The first-order chi connectivity index (χ1) is 8.06. The van der Waals surface area contributed by atoms with Crippen molar-refractivity contribution < 1.29 is 32.5 Å². The van der Waals surface area contributed by atoms with Gasteiger partial charge in [-0.3, -0.25) is 4.55 Å². The van der Waals surface area contributed by atoms with E-state index in [-0.39, 0.29) is 0 Å². The Kier molecular flexibility index (Phi) is 1.56. The van der Waals surface area contributed by atoms with Crippen LogP contribution in [0.2, 0.25) is 0 Å². The summed E-state index contributed by atoms with van der Waals surface area (Å²) in [7, 11) is -5.04. The van der Waals surface area contributed by atoms with E-state index < -0.39 is 51.9 Å². The zero-order valence-corrected chi connectivity index (χ0v) is 7.25. The number of benzene rings is 1. The number of carboxylic acids is 1. The van der Waals surface area contributed by atoms with E-state index in [0.717, 1.165) is 0 Å². The van der Waals surface area contributed by atoms with Crippen LogP contribution in [0.5, 0.6) is 5.75 Å². The van der Waals surface area contributed by atoms with Crippen LogP contribution in [0, 0.1) is 0 Å². The minimum atomic E-state index is -5.04. The zero-order valence-electron chi connectivity index (χ0n) is 10.4. The average Bonchev–Trinajstić information content (AvgIpc) is 2.20. The van der Waals surface area contributed by atoms with Gasteiger partial charge in [-0.1, -0.05) is 0 Å². The van der Waals surface area contributed by atoms with Crippen LogP contribution in [0.4, 0.5) is 0 Å². The van der Waals surface area contributed by atoms with Crippen LogP contribution in [0.1, 0.15) is 15.8 Å². The van der Waals surface area contributed by atoms with Gasteiger partial charge in [0.1, 0.15) is 5.75 Å². The van der Waals surface area contributed by atoms with Crippen molar-refractivity contribution in [1.29, 1.82) is 0 Å². The van der Waals surface area contributed by atoms with Crippen molar-refractivity contribution in [2.45, 2.75) is 0 Å². The predicted molar refractivity (Wildman–Crippen MR) is 45.6 cm³/mol. The number of hydrogen-bond donors (Lipinski definition) is 2. The average molecular weight is 222 g/mol. The summed E-state index contributed by atoms with van der Waals surface area (Å²) in [5.74, 6) is -2.78. The fourth-order valence-corrected chi connectivity index (χ4v) is 0.849. The third-order valence-electron chi connectivity index (χ3n) is 1.00. The molecule has 0 aliphatic rings. The Labute approximate surface area is 85.3 Å². The molecule has 0 aliphatic carbocycles. The Bertz CT molecular complexity index is 596. The van der Waals surface area contributed by atoms with Crippen molar-refractivity contribution in [2.75, 3.05) is 0 Å². The zero-order chi connectivity index (χ0) is 14.2. The molecule has 0 amide bonds. The molecule has 0 aliphatic heterocycles. The van der Waals surface area contributed by atoms with Gasteiger partial charge >= 0.3 is 16.4 Å². The fraction of sp³-hybridized carbons (Fsp3) is 0. The molecule has 0 saturated carbocycles. The maximum absolute atomic E-state index is 10.7. The summed E-state index contributed by atoms with van der Waals surface area (Å²) in [6, 6.07) is -4.01. The molecule has 0 fully saturated rings. The molecular formula is C7H6O6S. The van der Waals surface area contributed by atoms with Crippen molar-refractivity contribution in [2.24, 2.45) is 0 Å². The van der Waals surface area contributed by atoms with E-state index in [4.69, 9.17) is 15.1 Å². The van der Waals surface area contributed by atoms with Gasteiger partial charge in [-0.2, -0.15) is 8.42 Å². The van der Waals surface area contributed by atoms with Gasteiger partial charge in [0.05, 0.1) is 11.0 Å². The molecule has 6 nitrogen and oxygen atoms in total. The second kappa shape index (κ2) is 3.64. The molecule has 14 heavy (non-hydrogen) atoms. The quantitative estimate of drug-likeness (QED) is 0.725. The highest BCUT2D eigenvalue weighted by Crippen LogP contribution is 2.13. The summed E-state index contributed by atoms with van der Waals surface area (Å²) >= 11 is 0. The molecule has 76 valence electrons. The summed E-state index contributed by atoms with van der Waals surface area (Å²) in [5, 5.41) is 8.70. The molecule has 0 bridgehead atoms. The summed E-state index contributed by atoms with van der Waals surface area (Å²) < 4.78 is 62.4. The third kappa shape index (κ3) is 3.04. The van der Waals surface area contributed by atoms with Crippen molar-refractivity contribution in [3.05, 3.63) is 29.7 Å². The summed E-state index contributed by atoms with van der Waals surface area (Å²) in [6.45, 7) is 0. The molecule has 0 atom stereocenters. The van der Waals surface area contributed by atoms with Gasteiger partial charge < -0.3 is 9.29 Å². The highest BCUT2D eigenvalue weighted by Gasteiger charge is 2.07. The lowest BCUT2D eigenvalue weighted by Gasteiger charge is -2.00. The molecule has 1 aromatic rings. The largest absolute Gasteiger partial charge is 0.478 e. The van der Waals surface area contributed by atoms with Gasteiger partial charge in [0.25, 0.3) is 0 Å². The van der Waals surface area contributed by atoms with E-state index in [1.54, 1.807) is 0 Å². The molecule has 7 heteroatoms. The van der Waals surface area contributed by atoms with E-state index in [0.29, 0.717) is 0 Å². The van der Waals surface area contributed by atoms with E-state index >= 15 is 0 Å². The minimum Gasteiger partial charge on any atom is -0.478 e. The Hall–Kier alpha value is -1.60. The van der Waals surface area contributed by atoms with Crippen molar-refractivity contribution in [1.82, 2.24) is 0 Å². The predicted octanol–water partition coefficient (Wildman–Crippen LogP) is 0.566. The fourth-order valence-electron chi connectivity index (χ4n) is 0.555. The molecular weight excluding hydrogens is 212 g/mol. The first kappa shape index (κ1) is 5.99. The number of carbonyl (C=O) groups is 1. The number of carboxylic acid groups (broad SMARTS) is 1. The Balaban J connectivity index is 3.64. The smallest absolute Gasteiger partial charge is 0.446 e. The lowest BCUT2D eigenvalue weighted by atomic mass is 10.2. The highest BCUT2D eigenvalue weighted by molar-refractivity contribution is 7.81. The molecule has 0 unspecified atom stereocenters. The number of rotatable bonds is 3. The second-order valence-electron chi connectivity index (χ2n) is 2.02. The summed E-state index contributed by atoms with van der Waals surface area (Å²) in [4.78, 5) is 10.7. The van der Waals surface area contributed by atoms with Crippen molar-refractivity contribution in [3.63, 3.8) is 0 Å². The van der Waals surface area contributed by atoms with Gasteiger partial charge in [-0.15, -0.1) is 0 Å². The van der Waals surface area contributed by atoms with Crippen molar-refractivity contribution >= 4 is 16.4 Å². The van der Waals surface area contributed by atoms with Gasteiger partial charge in [0.15, 0.2) is 0 Å². The van der Waals surface area contributed by atoms with Crippen LogP contribution in [0.3, 0.4) is 0 Å². The maximum Gasteiger partial charge on any atom is 0.446 e. The Morgan fingerprint density at radius 1 is 1.36 bits per heavy atom. The van der Waals surface area contributed by atoms with Crippen LogP contribution in [0.25, 0.3) is 0 Å². The molecule has 0 saturated heterocycles. The highest BCUT2D eigenvalue weighted by atomic mass is 32.3. The number of aromatic carboxylic acids is 1. The summed E-state index contributed by atoms with van der Waals surface area (Å²) in [5.41, 5.74) is -0.923. The van der Waals surface area contributed by atoms with Crippen LogP contribution >= 0.6 is 0 Å².